The first-order valence-electron chi connectivity index (χ1n) is 7.23. The molecule has 18 heavy (non-hydrogen) atoms. The van der Waals surface area contributed by atoms with Crippen LogP contribution in [0.25, 0.3) is 0 Å². The first-order chi connectivity index (χ1) is 8.33. The minimum Gasteiger partial charge on any atom is -0.301 e. The van der Waals surface area contributed by atoms with E-state index < -0.39 is 0 Å². The summed E-state index contributed by atoms with van der Waals surface area (Å²) in [4.78, 5) is 2.40. The molecule has 1 fully saturated rings. The van der Waals surface area contributed by atoms with Crippen LogP contribution < -0.4 is 5.32 Å². The van der Waals surface area contributed by atoms with Gasteiger partial charge in [0.2, 0.25) is 0 Å². The summed E-state index contributed by atoms with van der Waals surface area (Å²) in [5, 5.41) is 12.8. The van der Waals surface area contributed by atoms with Gasteiger partial charge in [-0.1, -0.05) is 6.92 Å². The van der Waals surface area contributed by atoms with Crippen molar-refractivity contribution in [2.45, 2.75) is 76.9 Å². The zero-order valence-corrected chi connectivity index (χ0v) is 12.7. The van der Waals surface area contributed by atoms with Crippen molar-refractivity contribution in [1.82, 2.24) is 10.2 Å². The van der Waals surface area contributed by atoms with Gasteiger partial charge in [-0.15, -0.1) is 0 Å². The van der Waals surface area contributed by atoms with Gasteiger partial charge in [-0.25, -0.2) is 0 Å². The highest BCUT2D eigenvalue weighted by atomic mass is 15.2. The van der Waals surface area contributed by atoms with Crippen LogP contribution in [0.4, 0.5) is 0 Å². The molecule has 1 atom stereocenters. The summed E-state index contributed by atoms with van der Waals surface area (Å²) in [6.07, 6.45) is 5.63. The van der Waals surface area contributed by atoms with Gasteiger partial charge >= 0.3 is 0 Å². The number of nitrogens with one attached hydrogen (secondary N) is 1. The van der Waals surface area contributed by atoms with Crippen LogP contribution in [-0.2, 0) is 0 Å². The van der Waals surface area contributed by atoms with Crippen LogP contribution >= 0.6 is 0 Å². The van der Waals surface area contributed by atoms with E-state index in [1.165, 1.54) is 12.8 Å². The molecule has 0 saturated heterocycles. The summed E-state index contributed by atoms with van der Waals surface area (Å²) in [6.45, 7) is 9.88. The van der Waals surface area contributed by atoms with Gasteiger partial charge in [-0.3, -0.25) is 5.32 Å². The van der Waals surface area contributed by atoms with Gasteiger partial charge in [0.05, 0.1) is 6.07 Å². The molecule has 0 amide bonds. The van der Waals surface area contributed by atoms with Crippen molar-refractivity contribution < 1.29 is 0 Å². The van der Waals surface area contributed by atoms with E-state index in [0.29, 0.717) is 6.04 Å². The van der Waals surface area contributed by atoms with Crippen molar-refractivity contribution in [3.05, 3.63) is 0 Å². The van der Waals surface area contributed by atoms with Crippen LogP contribution in [0, 0.1) is 11.3 Å². The standard InChI is InChI=1S/C15H29N3/c1-6-14(2,3)18(5)11-7-10-15(4,12-16)17-13-8-9-13/h13,17H,6-11H2,1-5H3. The molecule has 0 radical (unpaired) electrons. The van der Waals surface area contributed by atoms with Crippen LogP contribution in [0.2, 0.25) is 0 Å². The van der Waals surface area contributed by atoms with Gasteiger partial charge in [-0.2, -0.15) is 5.26 Å². The van der Waals surface area contributed by atoms with Crippen LogP contribution in [-0.4, -0.2) is 35.6 Å². The fourth-order valence-electron chi connectivity index (χ4n) is 2.08. The second-order valence-corrected chi connectivity index (χ2v) is 6.55. The molecule has 0 bridgehead atoms. The van der Waals surface area contributed by atoms with Crippen molar-refractivity contribution in [3.8, 4) is 6.07 Å². The minimum absolute atomic E-state index is 0.257. The molecule has 0 aromatic heterocycles. The van der Waals surface area contributed by atoms with Crippen LogP contribution in [0.15, 0.2) is 0 Å². The zero-order chi connectivity index (χ0) is 13.8. The highest BCUT2D eigenvalue weighted by Crippen LogP contribution is 2.25. The van der Waals surface area contributed by atoms with E-state index in [1.807, 2.05) is 6.92 Å². The molecule has 0 aliphatic heterocycles. The molecule has 1 rings (SSSR count). The van der Waals surface area contributed by atoms with Gasteiger partial charge < -0.3 is 4.90 Å². The first kappa shape index (κ1) is 15.5. The minimum atomic E-state index is -0.335. The molecular formula is C15H29N3. The molecule has 3 heteroatoms. The summed E-state index contributed by atoms with van der Waals surface area (Å²) < 4.78 is 0. The lowest BCUT2D eigenvalue weighted by atomic mass is 9.95. The first-order valence-corrected chi connectivity index (χ1v) is 7.23. The number of rotatable bonds is 8. The van der Waals surface area contributed by atoms with E-state index in [4.69, 9.17) is 0 Å². The molecule has 1 N–H and O–H groups in total. The highest BCUT2D eigenvalue weighted by molar-refractivity contribution is 5.07. The quantitative estimate of drug-likeness (QED) is 0.721. The molecule has 104 valence electrons. The molecule has 0 heterocycles. The van der Waals surface area contributed by atoms with Crippen molar-refractivity contribution >= 4 is 0 Å². The lowest BCUT2D eigenvalue weighted by Gasteiger charge is -2.35. The van der Waals surface area contributed by atoms with Crippen molar-refractivity contribution in [3.63, 3.8) is 0 Å². The Morgan fingerprint density at radius 1 is 1.33 bits per heavy atom. The van der Waals surface area contributed by atoms with E-state index in [0.717, 1.165) is 25.8 Å². The highest BCUT2D eigenvalue weighted by Gasteiger charge is 2.32. The maximum Gasteiger partial charge on any atom is 0.104 e. The zero-order valence-electron chi connectivity index (χ0n) is 12.7. The van der Waals surface area contributed by atoms with E-state index in [-0.39, 0.29) is 11.1 Å². The molecule has 0 aromatic carbocycles. The van der Waals surface area contributed by atoms with Gasteiger partial charge in [-0.05, 0) is 66.5 Å². The molecule has 0 aromatic rings. The maximum atomic E-state index is 9.31. The average molecular weight is 251 g/mol. The van der Waals surface area contributed by atoms with Crippen molar-refractivity contribution in [2.75, 3.05) is 13.6 Å². The van der Waals surface area contributed by atoms with E-state index in [2.05, 4.69) is 44.1 Å². The molecule has 1 saturated carbocycles. The number of nitrogens with zero attached hydrogens (tertiary/aromatic N) is 2. The summed E-state index contributed by atoms with van der Waals surface area (Å²) in [5.74, 6) is 0. The van der Waals surface area contributed by atoms with Gasteiger partial charge in [0.15, 0.2) is 0 Å². The predicted molar refractivity (Wildman–Crippen MR) is 76.4 cm³/mol. The number of hydrogen-bond acceptors (Lipinski definition) is 3. The van der Waals surface area contributed by atoms with Gasteiger partial charge in [0.25, 0.3) is 0 Å². The maximum absolute atomic E-state index is 9.31. The Balaban J connectivity index is 2.33. The van der Waals surface area contributed by atoms with Crippen LogP contribution in [0.5, 0.6) is 0 Å². The average Bonchev–Trinajstić information content (AvgIpc) is 3.12. The molecule has 3 nitrogen and oxygen atoms in total. The Hall–Kier alpha value is -0.590. The fraction of sp³-hybridized carbons (Fsp3) is 0.933. The third-order valence-electron chi connectivity index (χ3n) is 4.42. The Kier molecular flexibility index (Phi) is 5.19. The monoisotopic (exact) mass is 251 g/mol. The lowest BCUT2D eigenvalue weighted by molar-refractivity contribution is 0.145. The van der Waals surface area contributed by atoms with Crippen molar-refractivity contribution in [1.29, 1.82) is 5.26 Å². The summed E-state index contributed by atoms with van der Waals surface area (Å²) in [7, 11) is 2.18. The molecule has 1 unspecified atom stereocenters. The van der Waals surface area contributed by atoms with Crippen molar-refractivity contribution in [2.24, 2.45) is 0 Å². The number of nitriles is 1. The SMILES string of the molecule is CCC(C)(C)N(C)CCCC(C)(C#N)NC1CC1. The normalized spacial score (nSPS) is 19.6. The van der Waals surface area contributed by atoms with E-state index >= 15 is 0 Å². The fourth-order valence-corrected chi connectivity index (χ4v) is 2.08. The Bertz CT molecular complexity index is 301. The third-order valence-corrected chi connectivity index (χ3v) is 4.42. The van der Waals surface area contributed by atoms with Crippen LogP contribution in [0.3, 0.4) is 0 Å². The topological polar surface area (TPSA) is 39.1 Å². The third kappa shape index (κ3) is 4.59. The molecule has 0 spiro atoms. The summed E-state index contributed by atoms with van der Waals surface area (Å²) >= 11 is 0. The predicted octanol–water partition coefficient (Wildman–Crippen LogP) is 2.92. The summed E-state index contributed by atoms with van der Waals surface area (Å²) in [5.41, 5.74) is -0.0780. The Morgan fingerprint density at radius 3 is 2.39 bits per heavy atom. The largest absolute Gasteiger partial charge is 0.301 e. The molecule has 1 aliphatic rings. The Labute approximate surface area is 113 Å². The lowest BCUT2D eigenvalue weighted by Crippen LogP contribution is -2.44. The second-order valence-electron chi connectivity index (χ2n) is 6.55. The van der Waals surface area contributed by atoms with Gasteiger partial charge in [0.1, 0.15) is 5.54 Å². The molecule has 1 aliphatic carbocycles. The Morgan fingerprint density at radius 2 is 1.94 bits per heavy atom. The number of hydrogen-bond donors (Lipinski definition) is 1. The van der Waals surface area contributed by atoms with E-state index in [1.54, 1.807) is 0 Å². The van der Waals surface area contributed by atoms with Crippen LogP contribution in [0.1, 0.15) is 59.8 Å². The summed E-state index contributed by atoms with van der Waals surface area (Å²) in [6, 6.07) is 3.04. The second kappa shape index (κ2) is 6.04. The smallest absolute Gasteiger partial charge is 0.104 e. The van der Waals surface area contributed by atoms with E-state index in [9.17, 15) is 5.26 Å². The van der Waals surface area contributed by atoms with Gasteiger partial charge in [0, 0.05) is 11.6 Å². The molecular weight excluding hydrogens is 222 g/mol.